The van der Waals surface area contributed by atoms with Gasteiger partial charge in [0.15, 0.2) is 6.10 Å². The summed E-state index contributed by atoms with van der Waals surface area (Å²) in [6, 6.07) is 9.43. The molecule has 1 amide bonds. The number of nitrogens with one attached hydrogen (secondary N) is 1. The summed E-state index contributed by atoms with van der Waals surface area (Å²) in [4.78, 5) is 12.1. The summed E-state index contributed by atoms with van der Waals surface area (Å²) in [6.07, 6.45) is -0.475. The lowest BCUT2D eigenvalue weighted by atomic mass is 9.85. The van der Waals surface area contributed by atoms with E-state index in [0.29, 0.717) is 24.3 Å². The van der Waals surface area contributed by atoms with Crippen molar-refractivity contribution in [3.05, 3.63) is 30.3 Å². The molecule has 0 saturated carbocycles. The first-order valence-electron chi connectivity index (χ1n) is 7.41. The van der Waals surface area contributed by atoms with Gasteiger partial charge in [0.2, 0.25) is 0 Å². The first kappa shape index (κ1) is 16.5. The highest BCUT2D eigenvalue weighted by Gasteiger charge is 2.20. The maximum absolute atomic E-state index is 12.1. The first-order valence-corrected chi connectivity index (χ1v) is 7.41. The molecule has 0 heterocycles. The van der Waals surface area contributed by atoms with Crippen LogP contribution < -0.4 is 10.1 Å². The van der Waals surface area contributed by atoms with Crippen molar-refractivity contribution in [1.29, 1.82) is 0 Å². The highest BCUT2D eigenvalue weighted by Crippen LogP contribution is 2.19. The summed E-state index contributed by atoms with van der Waals surface area (Å²) >= 11 is 0. The van der Waals surface area contributed by atoms with Crippen LogP contribution in [0, 0.1) is 17.8 Å². The van der Waals surface area contributed by atoms with Crippen LogP contribution in [0.25, 0.3) is 0 Å². The molecule has 0 fully saturated rings. The van der Waals surface area contributed by atoms with Crippen LogP contribution in [0.2, 0.25) is 0 Å². The van der Waals surface area contributed by atoms with E-state index in [1.807, 2.05) is 30.3 Å². The molecule has 0 aromatic heterocycles. The van der Waals surface area contributed by atoms with E-state index >= 15 is 0 Å². The SMILES string of the molecule is CC(Oc1ccccc1)C(=O)NCC(C(C)C)C(C)C. The van der Waals surface area contributed by atoms with E-state index < -0.39 is 6.10 Å². The zero-order chi connectivity index (χ0) is 15.1. The lowest BCUT2D eigenvalue weighted by Gasteiger charge is -2.25. The van der Waals surface area contributed by atoms with Crippen LogP contribution in [0.1, 0.15) is 34.6 Å². The van der Waals surface area contributed by atoms with E-state index in [1.54, 1.807) is 6.92 Å². The predicted octanol–water partition coefficient (Wildman–Crippen LogP) is 3.50. The number of carbonyl (C=O) groups excluding carboxylic acids is 1. The van der Waals surface area contributed by atoms with Gasteiger partial charge in [-0.1, -0.05) is 45.9 Å². The monoisotopic (exact) mass is 277 g/mol. The van der Waals surface area contributed by atoms with Gasteiger partial charge in [0.25, 0.3) is 5.91 Å². The third-order valence-corrected chi connectivity index (χ3v) is 3.65. The Morgan fingerprint density at radius 1 is 1.05 bits per heavy atom. The molecule has 1 aromatic carbocycles. The summed E-state index contributed by atoms with van der Waals surface area (Å²) in [7, 11) is 0. The third kappa shape index (κ3) is 5.24. The molecule has 1 aromatic rings. The molecule has 1 unspecified atom stereocenters. The Bertz CT molecular complexity index is 393. The van der Waals surface area contributed by atoms with Gasteiger partial charge in [-0.3, -0.25) is 4.79 Å². The van der Waals surface area contributed by atoms with Gasteiger partial charge >= 0.3 is 0 Å². The molecular weight excluding hydrogens is 250 g/mol. The van der Waals surface area contributed by atoms with Gasteiger partial charge in [-0.2, -0.15) is 0 Å². The number of benzene rings is 1. The van der Waals surface area contributed by atoms with Crippen molar-refractivity contribution in [2.24, 2.45) is 17.8 Å². The molecule has 3 heteroatoms. The zero-order valence-corrected chi connectivity index (χ0v) is 13.2. The van der Waals surface area contributed by atoms with E-state index in [9.17, 15) is 4.79 Å². The van der Waals surface area contributed by atoms with Crippen molar-refractivity contribution in [3.8, 4) is 5.75 Å². The van der Waals surface area contributed by atoms with E-state index in [1.165, 1.54) is 0 Å². The topological polar surface area (TPSA) is 38.3 Å². The average molecular weight is 277 g/mol. The normalized spacial score (nSPS) is 12.8. The number of rotatable bonds is 7. The van der Waals surface area contributed by atoms with E-state index in [-0.39, 0.29) is 5.91 Å². The van der Waals surface area contributed by atoms with Gasteiger partial charge in [-0.25, -0.2) is 0 Å². The van der Waals surface area contributed by atoms with Crippen LogP contribution in [0.15, 0.2) is 30.3 Å². The molecule has 0 aliphatic rings. The molecule has 0 saturated heterocycles. The van der Waals surface area contributed by atoms with Gasteiger partial charge in [-0.15, -0.1) is 0 Å². The molecule has 0 bridgehead atoms. The Labute approximate surface area is 122 Å². The molecule has 0 aliphatic heterocycles. The second-order valence-corrected chi connectivity index (χ2v) is 5.97. The number of ether oxygens (including phenoxy) is 1. The Morgan fingerprint density at radius 2 is 1.60 bits per heavy atom. The van der Waals surface area contributed by atoms with Crippen LogP contribution in [-0.2, 0) is 4.79 Å². The number of hydrogen-bond acceptors (Lipinski definition) is 2. The smallest absolute Gasteiger partial charge is 0.260 e. The zero-order valence-electron chi connectivity index (χ0n) is 13.2. The summed E-state index contributed by atoms with van der Waals surface area (Å²) in [5.41, 5.74) is 0. The molecular formula is C17H27NO2. The molecule has 112 valence electrons. The van der Waals surface area contributed by atoms with Crippen LogP contribution in [-0.4, -0.2) is 18.6 Å². The first-order chi connectivity index (χ1) is 9.41. The van der Waals surface area contributed by atoms with Crippen LogP contribution in [0.5, 0.6) is 5.75 Å². The van der Waals surface area contributed by atoms with Gasteiger partial charge in [0.1, 0.15) is 5.75 Å². The summed E-state index contributed by atoms with van der Waals surface area (Å²) in [5.74, 6) is 2.27. The number of amides is 1. The minimum Gasteiger partial charge on any atom is -0.481 e. The van der Waals surface area contributed by atoms with E-state index in [2.05, 4.69) is 33.0 Å². The van der Waals surface area contributed by atoms with Crippen LogP contribution >= 0.6 is 0 Å². The van der Waals surface area contributed by atoms with Crippen molar-refractivity contribution in [2.75, 3.05) is 6.54 Å². The van der Waals surface area contributed by atoms with Crippen molar-refractivity contribution < 1.29 is 9.53 Å². The Kier molecular flexibility index (Phi) is 6.56. The Morgan fingerprint density at radius 3 is 2.10 bits per heavy atom. The molecule has 20 heavy (non-hydrogen) atoms. The number of para-hydroxylation sites is 1. The fraction of sp³-hybridized carbons (Fsp3) is 0.588. The molecule has 0 radical (unpaired) electrons. The van der Waals surface area contributed by atoms with Gasteiger partial charge in [-0.05, 0) is 36.8 Å². The number of hydrogen-bond donors (Lipinski definition) is 1. The number of carbonyl (C=O) groups is 1. The highest BCUT2D eigenvalue weighted by molar-refractivity contribution is 5.80. The predicted molar refractivity (Wildman–Crippen MR) is 82.7 cm³/mol. The summed E-state index contributed by atoms with van der Waals surface area (Å²) in [6.45, 7) is 11.3. The van der Waals surface area contributed by atoms with Crippen molar-refractivity contribution in [2.45, 2.75) is 40.7 Å². The lowest BCUT2D eigenvalue weighted by molar-refractivity contribution is -0.127. The Balaban J connectivity index is 2.46. The maximum Gasteiger partial charge on any atom is 0.260 e. The molecule has 3 nitrogen and oxygen atoms in total. The van der Waals surface area contributed by atoms with Gasteiger partial charge in [0.05, 0.1) is 0 Å². The summed E-state index contributed by atoms with van der Waals surface area (Å²) < 4.78 is 5.62. The minimum atomic E-state index is -0.475. The third-order valence-electron chi connectivity index (χ3n) is 3.65. The quantitative estimate of drug-likeness (QED) is 0.828. The molecule has 0 aliphatic carbocycles. The van der Waals surface area contributed by atoms with E-state index in [0.717, 1.165) is 5.75 Å². The van der Waals surface area contributed by atoms with E-state index in [4.69, 9.17) is 4.74 Å². The average Bonchev–Trinajstić information content (AvgIpc) is 2.38. The summed E-state index contributed by atoms with van der Waals surface area (Å²) in [5, 5.41) is 3.00. The fourth-order valence-electron chi connectivity index (χ4n) is 2.36. The van der Waals surface area contributed by atoms with Crippen LogP contribution in [0.4, 0.5) is 0 Å². The second kappa shape index (κ2) is 7.93. The van der Waals surface area contributed by atoms with Gasteiger partial charge < -0.3 is 10.1 Å². The highest BCUT2D eigenvalue weighted by atomic mass is 16.5. The Hall–Kier alpha value is -1.51. The van der Waals surface area contributed by atoms with Gasteiger partial charge in [0, 0.05) is 6.54 Å². The minimum absolute atomic E-state index is 0.0554. The largest absolute Gasteiger partial charge is 0.481 e. The standard InChI is InChI=1S/C17H27NO2/c1-12(2)16(13(3)4)11-18-17(19)14(5)20-15-9-7-6-8-10-15/h6-10,12-14,16H,11H2,1-5H3,(H,18,19). The molecule has 1 atom stereocenters. The lowest BCUT2D eigenvalue weighted by Crippen LogP contribution is -2.40. The molecule has 1 rings (SSSR count). The van der Waals surface area contributed by atoms with Crippen molar-refractivity contribution >= 4 is 5.91 Å². The maximum atomic E-state index is 12.1. The second-order valence-electron chi connectivity index (χ2n) is 5.97. The van der Waals surface area contributed by atoms with Crippen LogP contribution in [0.3, 0.4) is 0 Å². The van der Waals surface area contributed by atoms with Crippen molar-refractivity contribution in [3.63, 3.8) is 0 Å². The molecule has 0 spiro atoms. The van der Waals surface area contributed by atoms with Crippen molar-refractivity contribution in [1.82, 2.24) is 5.32 Å². The molecule has 1 N–H and O–H groups in total. The fourth-order valence-corrected chi connectivity index (χ4v) is 2.36.